The molecule has 0 aromatic heterocycles. The van der Waals surface area contributed by atoms with E-state index in [1.54, 1.807) is 4.90 Å². The molecule has 1 atom stereocenters. The number of ketones is 1. The number of amides is 1. The lowest BCUT2D eigenvalue weighted by molar-refractivity contribution is -0.145. The van der Waals surface area contributed by atoms with Crippen LogP contribution in [0.25, 0.3) is 0 Å². The number of nitrogens with zero attached hydrogens (tertiary/aromatic N) is 2. The predicted octanol–water partition coefficient (Wildman–Crippen LogP) is 1.30. The molecule has 0 aromatic rings. The fourth-order valence-electron chi connectivity index (χ4n) is 3.03. The van der Waals surface area contributed by atoms with Crippen molar-refractivity contribution in [1.29, 1.82) is 0 Å². The van der Waals surface area contributed by atoms with E-state index in [0.717, 1.165) is 25.9 Å². The van der Waals surface area contributed by atoms with E-state index >= 15 is 0 Å². The van der Waals surface area contributed by atoms with Crippen LogP contribution in [0, 0.1) is 5.92 Å². The van der Waals surface area contributed by atoms with E-state index in [2.05, 4.69) is 25.8 Å². The summed E-state index contributed by atoms with van der Waals surface area (Å²) in [6, 6.07) is 0. The molecule has 0 aromatic carbocycles. The third kappa shape index (κ3) is 2.91. The first-order valence-electron chi connectivity index (χ1n) is 6.89. The molecule has 4 nitrogen and oxygen atoms in total. The van der Waals surface area contributed by atoms with Crippen molar-refractivity contribution in [3.63, 3.8) is 0 Å². The normalized spacial score (nSPS) is 28.7. The van der Waals surface area contributed by atoms with Crippen LogP contribution in [0.15, 0.2) is 0 Å². The highest BCUT2D eigenvalue weighted by atomic mass is 16.2. The SMILES string of the molecule is CN1CCC(CC(=O)N2CC(=O)CCC2(C)C)C1. The highest BCUT2D eigenvalue weighted by molar-refractivity contribution is 5.88. The molecule has 0 bridgehead atoms. The first kappa shape index (κ1) is 13.5. The van der Waals surface area contributed by atoms with Crippen molar-refractivity contribution in [3.8, 4) is 0 Å². The third-order valence-corrected chi connectivity index (χ3v) is 4.33. The summed E-state index contributed by atoms with van der Waals surface area (Å²) >= 11 is 0. The van der Waals surface area contributed by atoms with Crippen LogP contribution in [0.5, 0.6) is 0 Å². The molecule has 18 heavy (non-hydrogen) atoms. The summed E-state index contributed by atoms with van der Waals surface area (Å²) in [7, 11) is 2.10. The fraction of sp³-hybridized carbons (Fsp3) is 0.857. The van der Waals surface area contributed by atoms with Gasteiger partial charge in [-0.3, -0.25) is 9.59 Å². The molecular formula is C14H24N2O2. The molecule has 2 saturated heterocycles. The van der Waals surface area contributed by atoms with Gasteiger partial charge in [0.05, 0.1) is 6.54 Å². The molecule has 102 valence electrons. The van der Waals surface area contributed by atoms with Crippen molar-refractivity contribution < 1.29 is 9.59 Å². The predicted molar refractivity (Wildman–Crippen MR) is 70.3 cm³/mol. The minimum absolute atomic E-state index is 0.157. The van der Waals surface area contributed by atoms with E-state index < -0.39 is 0 Å². The summed E-state index contributed by atoms with van der Waals surface area (Å²) in [5.74, 6) is 0.829. The molecule has 4 heteroatoms. The maximum atomic E-state index is 12.4. The second-order valence-electron chi connectivity index (χ2n) is 6.45. The molecule has 0 saturated carbocycles. The smallest absolute Gasteiger partial charge is 0.223 e. The molecule has 0 spiro atoms. The number of rotatable bonds is 2. The van der Waals surface area contributed by atoms with E-state index in [-0.39, 0.29) is 17.2 Å². The molecular weight excluding hydrogens is 228 g/mol. The van der Waals surface area contributed by atoms with Gasteiger partial charge in [-0.05, 0) is 46.2 Å². The Hall–Kier alpha value is -0.900. The van der Waals surface area contributed by atoms with Gasteiger partial charge in [-0.1, -0.05) is 0 Å². The second kappa shape index (κ2) is 5.00. The number of hydrogen-bond acceptors (Lipinski definition) is 3. The van der Waals surface area contributed by atoms with Crippen LogP contribution in [0.1, 0.15) is 39.5 Å². The summed E-state index contributed by atoms with van der Waals surface area (Å²) in [4.78, 5) is 28.0. The van der Waals surface area contributed by atoms with Crippen LogP contribution in [0.2, 0.25) is 0 Å². The Kier molecular flexibility index (Phi) is 3.76. The van der Waals surface area contributed by atoms with Crippen molar-refractivity contribution in [2.75, 3.05) is 26.7 Å². The van der Waals surface area contributed by atoms with Gasteiger partial charge < -0.3 is 9.80 Å². The van der Waals surface area contributed by atoms with Crippen molar-refractivity contribution >= 4 is 11.7 Å². The highest BCUT2D eigenvalue weighted by Crippen LogP contribution is 2.28. The molecule has 1 amide bonds. The van der Waals surface area contributed by atoms with Crippen molar-refractivity contribution in [2.45, 2.75) is 45.1 Å². The quantitative estimate of drug-likeness (QED) is 0.744. The van der Waals surface area contributed by atoms with Crippen molar-refractivity contribution in [3.05, 3.63) is 0 Å². The molecule has 2 aliphatic rings. The highest BCUT2D eigenvalue weighted by Gasteiger charge is 2.37. The van der Waals surface area contributed by atoms with Gasteiger partial charge >= 0.3 is 0 Å². The summed E-state index contributed by atoms with van der Waals surface area (Å²) in [5, 5.41) is 0. The van der Waals surface area contributed by atoms with Crippen molar-refractivity contribution in [2.24, 2.45) is 5.92 Å². The number of Topliss-reactive ketones (excluding diaryl/α,β-unsaturated/α-hetero) is 1. The maximum absolute atomic E-state index is 12.4. The van der Waals surface area contributed by atoms with Gasteiger partial charge in [-0.2, -0.15) is 0 Å². The molecule has 0 N–H and O–H groups in total. The molecule has 0 aliphatic carbocycles. The van der Waals surface area contributed by atoms with Crippen LogP contribution in [-0.4, -0.2) is 53.7 Å². The van der Waals surface area contributed by atoms with Gasteiger partial charge in [0.15, 0.2) is 5.78 Å². The zero-order chi connectivity index (χ0) is 13.3. The van der Waals surface area contributed by atoms with Crippen LogP contribution in [0.4, 0.5) is 0 Å². The molecule has 2 rings (SSSR count). The second-order valence-corrected chi connectivity index (χ2v) is 6.45. The minimum Gasteiger partial charge on any atom is -0.330 e. The molecule has 2 aliphatic heterocycles. The van der Waals surface area contributed by atoms with E-state index in [9.17, 15) is 9.59 Å². The Labute approximate surface area is 109 Å². The third-order valence-electron chi connectivity index (χ3n) is 4.33. The summed E-state index contributed by atoms with van der Waals surface area (Å²) in [6.45, 7) is 6.54. The zero-order valence-electron chi connectivity index (χ0n) is 11.7. The minimum atomic E-state index is -0.157. The van der Waals surface area contributed by atoms with E-state index in [1.165, 1.54) is 0 Å². The largest absolute Gasteiger partial charge is 0.330 e. The van der Waals surface area contributed by atoms with Gasteiger partial charge in [-0.15, -0.1) is 0 Å². The Bertz CT molecular complexity index is 352. The zero-order valence-corrected chi connectivity index (χ0v) is 11.7. The lowest BCUT2D eigenvalue weighted by atomic mass is 9.89. The summed E-state index contributed by atoms with van der Waals surface area (Å²) in [5.41, 5.74) is -0.157. The monoisotopic (exact) mass is 252 g/mol. The van der Waals surface area contributed by atoms with Gasteiger partial charge in [0.2, 0.25) is 5.91 Å². The van der Waals surface area contributed by atoms with Gasteiger partial charge in [0.25, 0.3) is 0 Å². The van der Waals surface area contributed by atoms with Gasteiger partial charge in [0.1, 0.15) is 0 Å². The standard InChI is InChI=1S/C14H24N2O2/c1-14(2)6-4-12(17)10-16(14)13(18)8-11-5-7-15(3)9-11/h11H,4-10H2,1-3H3. The first-order valence-corrected chi connectivity index (χ1v) is 6.89. The average molecular weight is 252 g/mol. The Morgan fingerprint density at radius 2 is 2.17 bits per heavy atom. The Balaban J connectivity index is 1.96. The first-order chi connectivity index (χ1) is 8.38. The van der Waals surface area contributed by atoms with Gasteiger partial charge in [-0.25, -0.2) is 0 Å². The van der Waals surface area contributed by atoms with Crippen LogP contribution >= 0.6 is 0 Å². The Morgan fingerprint density at radius 1 is 1.44 bits per heavy atom. The lowest BCUT2D eigenvalue weighted by Gasteiger charge is -2.42. The number of carbonyl (C=O) groups is 2. The van der Waals surface area contributed by atoms with E-state index in [4.69, 9.17) is 0 Å². The van der Waals surface area contributed by atoms with Crippen LogP contribution in [0.3, 0.4) is 0 Å². The van der Waals surface area contributed by atoms with Crippen LogP contribution < -0.4 is 0 Å². The molecule has 2 fully saturated rings. The number of likely N-dealkylation sites (tertiary alicyclic amines) is 2. The molecule has 1 unspecified atom stereocenters. The molecule has 2 heterocycles. The van der Waals surface area contributed by atoms with E-state index in [1.807, 2.05) is 0 Å². The number of hydrogen-bond donors (Lipinski definition) is 0. The fourth-order valence-corrected chi connectivity index (χ4v) is 3.03. The summed E-state index contributed by atoms with van der Waals surface area (Å²) < 4.78 is 0. The Morgan fingerprint density at radius 3 is 2.78 bits per heavy atom. The lowest BCUT2D eigenvalue weighted by Crippen LogP contribution is -2.53. The van der Waals surface area contributed by atoms with E-state index in [0.29, 0.717) is 25.3 Å². The number of piperidine rings is 1. The van der Waals surface area contributed by atoms with Gasteiger partial charge in [0, 0.05) is 24.9 Å². The topological polar surface area (TPSA) is 40.6 Å². The van der Waals surface area contributed by atoms with Crippen LogP contribution in [-0.2, 0) is 9.59 Å². The summed E-state index contributed by atoms with van der Waals surface area (Å²) in [6.07, 6.45) is 3.11. The number of carbonyl (C=O) groups excluding carboxylic acids is 2. The molecule has 0 radical (unpaired) electrons. The van der Waals surface area contributed by atoms with Crippen molar-refractivity contribution in [1.82, 2.24) is 9.80 Å². The maximum Gasteiger partial charge on any atom is 0.223 e. The average Bonchev–Trinajstić information content (AvgIpc) is 2.67.